The molecule has 2 aromatic carbocycles. The second-order valence-electron chi connectivity index (χ2n) is 6.84. The van der Waals surface area contributed by atoms with Crippen molar-refractivity contribution in [2.24, 2.45) is 0 Å². The minimum atomic E-state index is -3.69. The molecule has 0 unspecified atom stereocenters. The second kappa shape index (κ2) is 9.58. The summed E-state index contributed by atoms with van der Waals surface area (Å²) in [5.74, 6) is -0.405. The number of aromatic nitrogens is 1. The van der Waals surface area contributed by atoms with Crippen LogP contribution in [0.4, 0.5) is 5.69 Å². The number of sulfonamides is 1. The van der Waals surface area contributed by atoms with Gasteiger partial charge in [0.05, 0.1) is 10.6 Å². The van der Waals surface area contributed by atoms with Crippen LogP contribution in [0, 0.1) is 0 Å². The molecule has 0 bridgehead atoms. The first kappa shape index (κ1) is 20.9. The summed E-state index contributed by atoms with van der Waals surface area (Å²) in [5, 5.41) is 9.47. The Morgan fingerprint density at radius 2 is 1.76 bits per heavy atom. The number of rotatable bonds is 10. The number of hydrogen-bond donors (Lipinski definition) is 3. The van der Waals surface area contributed by atoms with Gasteiger partial charge in [-0.3, -0.25) is 14.3 Å². The molecule has 0 saturated heterocycles. The lowest BCUT2D eigenvalue weighted by Crippen LogP contribution is -2.32. The van der Waals surface area contributed by atoms with Gasteiger partial charge in [0.15, 0.2) is 0 Å². The Labute approximate surface area is 170 Å². The van der Waals surface area contributed by atoms with Crippen LogP contribution in [0.25, 0.3) is 10.9 Å². The van der Waals surface area contributed by atoms with Crippen molar-refractivity contribution in [2.45, 2.75) is 37.0 Å². The topological polar surface area (TPSA) is 103 Å². The van der Waals surface area contributed by atoms with Crippen LogP contribution in [0.3, 0.4) is 0 Å². The second-order valence-corrected chi connectivity index (χ2v) is 8.70. The number of carbonyl (C=O) groups excluding carboxylic acids is 1. The van der Waals surface area contributed by atoms with E-state index in [4.69, 9.17) is 5.21 Å². The third-order valence-electron chi connectivity index (χ3n) is 4.80. The quantitative estimate of drug-likeness (QED) is 0.266. The normalized spacial score (nSPS) is 11.5. The number of benzene rings is 2. The Hall–Kier alpha value is -2.84. The molecular formula is C21H25N3O4S. The molecule has 0 atom stereocenters. The summed E-state index contributed by atoms with van der Waals surface area (Å²) in [4.78, 5) is 14.4. The van der Waals surface area contributed by atoms with E-state index in [1.165, 1.54) is 4.31 Å². The smallest absolute Gasteiger partial charge is 0.264 e. The van der Waals surface area contributed by atoms with Crippen LogP contribution in [-0.4, -0.2) is 31.1 Å². The van der Waals surface area contributed by atoms with E-state index in [0.717, 1.165) is 23.7 Å². The van der Waals surface area contributed by atoms with E-state index in [9.17, 15) is 13.2 Å². The zero-order valence-corrected chi connectivity index (χ0v) is 16.9. The van der Waals surface area contributed by atoms with Crippen LogP contribution in [0.2, 0.25) is 0 Å². The predicted molar refractivity (Wildman–Crippen MR) is 112 cm³/mol. The van der Waals surface area contributed by atoms with Gasteiger partial charge in [0.1, 0.15) is 0 Å². The third kappa shape index (κ3) is 5.16. The molecule has 154 valence electrons. The maximum absolute atomic E-state index is 13.3. The first-order valence-corrected chi connectivity index (χ1v) is 11.0. The Bertz CT molecular complexity index is 1050. The van der Waals surface area contributed by atoms with Crippen molar-refractivity contribution in [2.75, 3.05) is 10.8 Å². The molecule has 3 aromatic rings. The summed E-state index contributed by atoms with van der Waals surface area (Å²) < 4.78 is 28.0. The van der Waals surface area contributed by atoms with E-state index in [2.05, 4.69) is 4.98 Å². The van der Waals surface area contributed by atoms with Crippen molar-refractivity contribution in [3.63, 3.8) is 0 Å². The lowest BCUT2D eigenvalue weighted by atomic mass is 10.1. The highest BCUT2D eigenvalue weighted by atomic mass is 32.2. The average molecular weight is 416 g/mol. The Morgan fingerprint density at radius 1 is 1.00 bits per heavy atom. The van der Waals surface area contributed by atoms with E-state index in [1.807, 2.05) is 30.5 Å². The van der Waals surface area contributed by atoms with Gasteiger partial charge in [-0.1, -0.05) is 31.0 Å². The maximum Gasteiger partial charge on any atom is 0.264 e. The number of hydrogen-bond acceptors (Lipinski definition) is 4. The maximum atomic E-state index is 13.3. The molecule has 0 aliphatic heterocycles. The fourth-order valence-electron chi connectivity index (χ4n) is 3.25. The van der Waals surface area contributed by atoms with Gasteiger partial charge in [0.2, 0.25) is 5.91 Å². The van der Waals surface area contributed by atoms with Crippen LogP contribution in [-0.2, 0) is 14.8 Å². The van der Waals surface area contributed by atoms with Crippen LogP contribution in [0.1, 0.15) is 32.1 Å². The van der Waals surface area contributed by atoms with Crippen molar-refractivity contribution in [1.82, 2.24) is 10.5 Å². The number of aromatic amines is 1. The van der Waals surface area contributed by atoms with Gasteiger partial charge in [-0.05, 0) is 49.2 Å². The van der Waals surface area contributed by atoms with Crippen molar-refractivity contribution < 1.29 is 18.4 Å². The molecular weight excluding hydrogens is 390 g/mol. The molecule has 0 aliphatic carbocycles. The third-order valence-corrected chi connectivity index (χ3v) is 6.64. The Morgan fingerprint density at radius 3 is 2.52 bits per heavy atom. The van der Waals surface area contributed by atoms with Gasteiger partial charge >= 0.3 is 0 Å². The van der Waals surface area contributed by atoms with E-state index in [0.29, 0.717) is 25.1 Å². The summed E-state index contributed by atoms with van der Waals surface area (Å²) in [7, 11) is -3.69. The Kier molecular flexibility index (Phi) is 6.90. The van der Waals surface area contributed by atoms with Crippen molar-refractivity contribution >= 4 is 32.5 Å². The fraction of sp³-hybridized carbons (Fsp3) is 0.286. The molecule has 0 fully saturated rings. The molecule has 1 heterocycles. The van der Waals surface area contributed by atoms with Gasteiger partial charge in [-0.2, -0.15) is 0 Å². The summed E-state index contributed by atoms with van der Waals surface area (Å²) in [6, 6.07) is 15.9. The van der Waals surface area contributed by atoms with Crippen LogP contribution in [0.5, 0.6) is 0 Å². The number of nitrogens with zero attached hydrogens (tertiary/aromatic N) is 1. The van der Waals surface area contributed by atoms with E-state index in [1.54, 1.807) is 35.8 Å². The highest BCUT2D eigenvalue weighted by molar-refractivity contribution is 7.92. The predicted octanol–water partition coefficient (Wildman–Crippen LogP) is 3.82. The van der Waals surface area contributed by atoms with Gasteiger partial charge in [0.25, 0.3) is 10.0 Å². The first-order valence-electron chi connectivity index (χ1n) is 9.60. The standard InChI is InChI=1S/C21H25N3O4S/c25-21(23-26)10-6-1-2-7-15-24(29(27,28)19-8-4-3-5-9-19)18-11-12-20-17(16-18)13-14-22-20/h3-5,8-9,11-14,16,22,26H,1-2,6-7,10,15H2,(H,23,25). The van der Waals surface area contributed by atoms with E-state index >= 15 is 0 Å². The monoisotopic (exact) mass is 415 g/mol. The van der Waals surface area contributed by atoms with Crippen molar-refractivity contribution in [3.8, 4) is 0 Å². The first-order chi connectivity index (χ1) is 14.0. The Balaban J connectivity index is 1.76. The summed E-state index contributed by atoms with van der Waals surface area (Å²) in [6.07, 6.45) is 4.96. The minimum absolute atomic E-state index is 0.257. The molecule has 0 spiro atoms. The van der Waals surface area contributed by atoms with Crippen LogP contribution in [0.15, 0.2) is 65.7 Å². The number of carbonyl (C=O) groups is 1. The minimum Gasteiger partial charge on any atom is -0.361 e. The molecule has 3 rings (SSSR count). The highest BCUT2D eigenvalue weighted by Crippen LogP contribution is 2.27. The van der Waals surface area contributed by atoms with Gasteiger partial charge in [-0.25, -0.2) is 13.9 Å². The molecule has 1 amide bonds. The molecule has 1 aromatic heterocycles. The van der Waals surface area contributed by atoms with Crippen LogP contribution < -0.4 is 9.79 Å². The number of anilines is 1. The molecule has 0 saturated carbocycles. The fourth-order valence-corrected chi connectivity index (χ4v) is 4.77. The number of fused-ring (bicyclic) bond motifs is 1. The molecule has 0 aliphatic rings. The van der Waals surface area contributed by atoms with Gasteiger partial charge in [0, 0.05) is 30.1 Å². The number of unbranched alkanes of at least 4 members (excludes halogenated alkanes) is 3. The largest absolute Gasteiger partial charge is 0.361 e. The molecule has 7 nitrogen and oxygen atoms in total. The zero-order chi connectivity index (χ0) is 20.7. The molecule has 8 heteroatoms. The summed E-state index contributed by atoms with van der Waals surface area (Å²) in [5.41, 5.74) is 3.19. The number of nitrogens with one attached hydrogen (secondary N) is 2. The number of H-pyrrole nitrogens is 1. The number of amides is 1. The summed E-state index contributed by atoms with van der Waals surface area (Å²) >= 11 is 0. The number of hydroxylamine groups is 1. The summed E-state index contributed by atoms with van der Waals surface area (Å²) in [6.45, 7) is 0.347. The van der Waals surface area contributed by atoms with E-state index in [-0.39, 0.29) is 11.3 Å². The van der Waals surface area contributed by atoms with E-state index < -0.39 is 15.9 Å². The lowest BCUT2D eigenvalue weighted by molar-refractivity contribution is -0.129. The zero-order valence-electron chi connectivity index (χ0n) is 16.0. The lowest BCUT2D eigenvalue weighted by Gasteiger charge is -2.25. The van der Waals surface area contributed by atoms with Gasteiger partial charge < -0.3 is 4.98 Å². The van der Waals surface area contributed by atoms with Gasteiger partial charge in [-0.15, -0.1) is 0 Å². The molecule has 29 heavy (non-hydrogen) atoms. The van der Waals surface area contributed by atoms with Crippen LogP contribution >= 0.6 is 0 Å². The SMILES string of the molecule is O=C(CCCCCCN(c1ccc2[nH]ccc2c1)S(=O)(=O)c1ccccc1)NO. The molecule has 3 N–H and O–H groups in total. The van der Waals surface area contributed by atoms with Crippen molar-refractivity contribution in [3.05, 3.63) is 60.8 Å². The molecule has 0 radical (unpaired) electrons. The average Bonchev–Trinajstić information content (AvgIpc) is 3.21. The highest BCUT2D eigenvalue weighted by Gasteiger charge is 2.24. The van der Waals surface area contributed by atoms with Crippen molar-refractivity contribution in [1.29, 1.82) is 0 Å².